The Kier molecular flexibility index (Phi) is 3.59. The first-order valence-corrected chi connectivity index (χ1v) is 7.53. The van der Waals surface area contributed by atoms with E-state index < -0.39 is 28.9 Å². The van der Waals surface area contributed by atoms with E-state index in [1.54, 1.807) is 13.0 Å². The van der Waals surface area contributed by atoms with E-state index in [1.807, 2.05) is 30.3 Å². The number of carbonyl (C=O) groups is 3. The Balaban J connectivity index is 1.82. The molecule has 1 aliphatic heterocycles. The molecule has 0 radical (unpaired) electrons. The highest BCUT2D eigenvalue weighted by atomic mass is 16.6. The van der Waals surface area contributed by atoms with E-state index in [0.29, 0.717) is 0 Å². The summed E-state index contributed by atoms with van der Waals surface area (Å²) in [5.74, 6) is -1.96. The van der Waals surface area contributed by atoms with Crippen LogP contribution in [0.2, 0.25) is 0 Å². The minimum atomic E-state index is -1.47. The second-order valence-electron chi connectivity index (χ2n) is 6.39. The molecule has 2 aliphatic rings. The molecule has 120 valence electrons. The Hall–Kier alpha value is -2.43. The van der Waals surface area contributed by atoms with Crippen LogP contribution in [0.3, 0.4) is 0 Å². The third kappa shape index (κ3) is 2.46. The molecule has 5 nitrogen and oxygen atoms in total. The molecule has 0 saturated carbocycles. The monoisotopic (exact) mass is 314 g/mol. The summed E-state index contributed by atoms with van der Waals surface area (Å²) in [6, 6.07) is 9.22. The van der Waals surface area contributed by atoms with Crippen molar-refractivity contribution in [1.29, 1.82) is 0 Å². The van der Waals surface area contributed by atoms with Gasteiger partial charge in [-0.25, -0.2) is 0 Å². The molecule has 0 spiro atoms. The van der Waals surface area contributed by atoms with Crippen molar-refractivity contribution in [2.45, 2.75) is 32.5 Å². The van der Waals surface area contributed by atoms with Crippen LogP contribution in [-0.2, 0) is 30.5 Å². The highest BCUT2D eigenvalue weighted by Crippen LogP contribution is 2.51. The van der Waals surface area contributed by atoms with Gasteiger partial charge >= 0.3 is 11.9 Å². The minimum Gasteiger partial charge on any atom is -0.460 e. The standard InChI is InChI=1S/C18H18O5/c1-17-9-8-13(19)10-14(17)18(2,16(21)23-17)15(20)22-11-12-6-4-3-5-7-12/h3-9,14H,10-11H2,1-2H3/t14-,17+,18?/m0/s1. The first kappa shape index (κ1) is 15.5. The van der Waals surface area contributed by atoms with E-state index in [4.69, 9.17) is 9.47 Å². The van der Waals surface area contributed by atoms with Gasteiger partial charge in [0.15, 0.2) is 11.2 Å². The van der Waals surface area contributed by atoms with Gasteiger partial charge in [-0.2, -0.15) is 0 Å². The number of esters is 2. The van der Waals surface area contributed by atoms with Gasteiger partial charge in [-0.05, 0) is 31.6 Å². The van der Waals surface area contributed by atoms with Crippen molar-refractivity contribution >= 4 is 17.7 Å². The quantitative estimate of drug-likeness (QED) is 0.632. The van der Waals surface area contributed by atoms with E-state index in [2.05, 4.69) is 0 Å². The van der Waals surface area contributed by atoms with Crippen LogP contribution in [0.5, 0.6) is 0 Å². The van der Waals surface area contributed by atoms with Crippen molar-refractivity contribution in [1.82, 2.24) is 0 Å². The fraction of sp³-hybridized carbons (Fsp3) is 0.389. The van der Waals surface area contributed by atoms with Crippen LogP contribution in [0.15, 0.2) is 42.5 Å². The molecule has 23 heavy (non-hydrogen) atoms. The predicted octanol–water partition coefficient (Wildman–Crippen LogP) is 2.20. The molecule has 1 aromatic carbocycles. The van der Waals surface area contributed by atoms with Crippen molar-refractivity contribution in [3.63, 3.8) is 0 Å². The molecule has 1 unspecified atom stereocenters. The van der Waals surface area contributed by atoms with Crippen LogP contribution in [0.1, 0.15) is 25.8 Å². The maximum absolute atomic E-state index is 12.6. The highest BCUT2D eigenvalue weighted by Gasteiger charge is 2.65. The molecule has 1 aliphatic carbocycles. The lowest BCUT2D eigenvalue weighted by molar-refractivity contribution is -0.166. The lowest BCUT2D eigenvalue weighted by Crippen LogP contribution is -2.45. The maximum Gasteiger partial charge on any atom is 0.324 e. The van der Waals surface area contributed by atoms with Gasteiger partial charge in [0, 0.05) is 12.3 Å². The van der Waals surface area contributed by atoms with Crippen molar-refractivity contribution in [3.8, 4) is 0 Å². The lowest BCUT2D eigenvalue weighted by atomic mass is 9.67. The Morgan fingerprint density at radius 2 is 1.96 bits per heavy atom. The molecule has 0 bridgehead atoms. The molecular formula is C18H18O5. The average molecular weight is 314 g/mol. The molecule has 3 atom stereocenters. The Morgan fingerprint density at radius 1 is 1.26 bits per heavy atom. The molecule has 0 amide bonds. The van der Waals surface area contributed by atoms with E-state index in [9.17, 15) is 14.4 Å². The van der Waals surface area contributed by atoms with Gasteiger partial charge in [0.05, 0.1) is 0 Å². The maximum atomic E-state index is 12.6. The van der Waals surface area contributed by atoms with Crippen LogP contribution in [-0.4, -0.2) is 23.3 Å². The summed E-state index contributed by atoms with van der Waals surface area (Å²) in [7, 11) is 0. The van der Waals surface area contributed by atoms with Crippen LogP contribution in [0.4, 0.5) is 0 Å². The number of ether oxygens (including phenoxy) is 2. The second-order valence-corrected chi connectivity index (χ2v) is 6.39. The molecular weight excluding hydrogens is 296 g/mol. The van der Waals surface area contributed by atoms with Gasteiger partial charge in [0.2, 0.25) is 0 Å². The van der Waals surface area contributed by atoms with Gasteiger partial charge < -0.3 is 9.47 Å². The smallest absolute Gasteiger partial charge is 0.324 e. The molecule has 1 heterocycles. The van der Waals surface area contributed by atoms with E-state index in [-0.39, 0.29) is 18.8 Å². The fourth-order valence-corrected chi connectivity index (χ4v) is 3.28. The minimum absolute atomic E-state index is 0.0791. The molecule has 3 rings (SSSR count). The number of fused-ring (bicyclic) bond motifs is 1. The first-order chi connectivity index (χ1) is 10.9. The predicted molar refractivity (Wildman–Crippen MR) is 81.1 cm³/mol. The normalized spacial score (nSPS) is 32.3. The number of benzene rings is 1. The molecule has 1 aromatic rings. The van der Waals surface area contributed by atoms with Crippen molar-refractivity contribution < 1.29 is 23.9 Å². The largest absolute Gasteiger partial charge is 0.460 e. The molecule has 5 heteroatoms. The zero-order chi connectivity index (χ0) is 16.7. The Bertz CT molecular complexity index is 693. The van der Waals surface area contributed by atoms with E-state index >= 15 is 0 Å². The summed E-state index contributed by atoms with van der Waals surface area (Å²) in [6.45, 7) is 3.30. The van der Waals surface area contributed by atoms with Crippen molar-refractivity contribution in [2.24, 2.45) is 11.3 Å². The van der Waals surface area contributed by atoms with Crippen LogP contribution >= 0.6 is 0 Å². The summed E-state index contributed by atoms with van der Waals surface area (Å²) < 4.78 is 10.8. The number of allylic oxidation sites excluding steroid dienone is 1. The summed E-state index contributed by atoms with van der Waals surface area (Å²) >= 11 is 0. The van der Waals surface area contributed by atoms with Crippen molar-refractivity contribution in [3.05, 3.63) is 48.0 Å². The fourth-order valence-electron chi connectivity index (χ4n) is 3.28. The van der Waals surface area contributed by atoms with Crippen LogP contribution in [0.25, 0.3) is 0 Å². The van der Waals surface area contributed by atoms with Crippen LogP contribution < -0.4 is 0 Å². The van der Waals surface area contributed by atoms with Gasteiger partial charge in [-0.15, -0.1) is 0 Å². The average Bonchev–Trinajstić information content (AvgIpc) is 2.74. The van der Waals surface area contributed by atoms with E-state index in [0.717, 1.165) is 5.56 Å². The number of ketones is 1. The van der Waals surface area contributed by atoms with E-state index in [1.165, 1.54) is 13.0 Å². The zero-order valence-corrected chi connectivity index (χ0v) is 13.1. The molecule has 0 N–H and O–H groups in total. The SMILES string of the molecule is CC1(C(=O)OCc2ccccc2)C(=O)O[C@]2(C)C=CC(=O)C[C@H]12. The van der Waals surface area contributed by atoms with Gasteiger partial charge in [-0.3, -0.25) is 14.4 Å². The van der Waals surface area contributed by atoms with Gasteiger partial charge in [-0.1, -0.05) is 30.3 Å². The number of rotatable bonds is 3. The second kappa shape index (κ2) is 5.33. The first-order valence-electron chi connectivity index (χ1n) is 7.53. The summed E-state index contributed by atoms with van der Waals surface area (Å²) in [4.78, 5) is 36.7. The Morgan fingerprint density at radius 3 is 2.65 bits per heavy atom. The lowest BCUT2D eigenvalue weighted by Gasteiger charge is -2.33. The molecule has 1 fully saturated rings. The molecule has 0 aromatic heterocycles. The number of hydrogen-bond acceptors (Lipinski definition) is 5. The number of hydrogen-bond donors (Lipinski definition) is 0. The highest BCUT2D eigenvalue weighted by molar-refractivity contribution is 6.04. The zero-order valence-electron chi connectivity index (χ0n) is 13.1. The third-order valence-electron chi connectivity index (χ3n) is 4.77. The summed E-state index contributed by atoms with van der Waals surface area (Å²) in [5, 5.41) is 0. The van der Waals surface area contributed by atoms with Crippen LogP contribution in [0, 0.1) is 11.3 Å². The summed E-state index contributed by atoms with van der Waals surface area (Å²) in [6.07, 6.45) is 3.07. The van der Waals surface area contributed by atoms with Gasteiger partial charge in [0.1, 0.15) is 12.2 Å². The summed E-state index contributed by atoms with van der Waals surface area (Å²) in [5.41, 5.74) is -1.58. The van der Waals surface area contributed by atoms with Gasteiger partial charge in [0.25, 0.3) is 0 Å². The Labute approximate surface area is 134 Å². The van der Waals surface area contributed by atoms with Crippen molar-refractivity contribution in [2.75, 3.05) is 0 Å². The topological polar surface area (TPSA) is 69.7 Å². The molecule has 1 saturated heterocycles. The number of carbonyl (C=O) groups excluding carboxylic acids is 3. The third-order valence-corrected chi connectivity index (χ3v) is 4.77.